The van der Waals surface area contributed by atoms with Gasteiger partial charge in [0.05, 0.1) is 0 Å². The SMILES string of the molecule is CC(C)(C)CCNC(=O)c1ccc(/C=C/C(=O)O)cn1. The van der Waals surface area contributed by atoms with Crippen molar-refractivity contribution in [2.24, 2.45) is 5.41 Å². The maximum Gasteiger partial charge on any atom is 0.328 e. The van der Waals surface area contributed by atoms with Gasteiger partial charge in [0, 0.05) is 18.8 Å². The molecule has 0 saturated heterocycles. The molecular weight excluding hydrogens is 256 g/mol. The Kier molecular flexibility index (Phi) is 5.43. The van der Waals surface area contributed by atoms with Crippen molar-refractivity contribution in [3.63, 3.8) is 0 Å². The molecule has 0 bridgehead atoms. The van der Waals surface area contributed by atoms with E-state index in [1.807, 2.05) is 0 Å². The Bertz CT molecular complexity index is 499. The number of aliphatic carboxylic acids is 1. The Morgan fingerprint density at radius 2 is 2.05 bits per heavy atom. The quantitative estimate of drug-likeness (QED) is 0.809. The van der Waals surface area contributed by atoms with Crippen molar-refractivity contribution < 1.29 is 14.7 Å². The number of carboxylic acids is 1. The molecule has 0 aliphatic rings. The second-order valence-corrected chi connectivity index (χ2v) is 5.71. The van der Waals surface area contributed by atoms with Crippen LogP contribution in [0.1, 0.15) is 43.2 Å². The van der Waals surface area contributed by atoms with E-state index in [1.54, 1.807) is 12.1 Å². The van der Waals surface area contributed by atoms with E-state index in [-0.39, 0.29) is 11.3 Å². The molecule has 108 valence electrons. The molecule has 0 saturated carbocycles. The number of hydrogen-bond acceptors (Lipinski definition) is 3. The molecule has 0 aromatic carbocycles. The second-order valence-electron chi connectivity index (χ2n) is 5.71. The smallest absolute Gasteiger partial charge is 0.328 e. The number of amides is 1. The number of carboxylic acid groups (broad SMARTS) is 1. The third-order valence-electron chi connectivity index (χ3n) is 2.60. The molecule has 0 aliphatic heterocycles. The maximum atomic E-state index is 11.8. The average Bonchev–Trinajstić information content (AvgIpc) is 2.35. The number of carbonyl (C=O) groups is 2. The molecule has 5 heteroatoms. The van der Waals surface area contributed by atoms with Crippen LogP contribution in [0.25, 0.3) is 6.08 Å². The van der Waals surface area contributed by atoms with Crippen LogP contribution in [0.3, 0.4) is 0 Å². The molecule has 1 aromatic rings. The number of rotatable bonds is 5. The Balaban J connectivity index is 2.55. The van der Waals surface area contributed by atoms with Gasteiger partial charge in [-0.1, -0.05) is 26.8 Å². The van der Waals surface area contributed by atoms with Gasteiger partial charge in [0.15, 0.2) is 0 Å². The number of hydrogen-bond donors (Lipinski definition) is 2. The van der Waals surface area contributed by atoms with Crippen molar-refractivity contribution in [3.05, 3.63) is 35.7 Å². The summed E-state index contributed by atoms with van der Waals surface area (Å²) in [5.74, 6) is -1.24. The molecule has 1 amide bonds. The maximum absolute atomic E-state index is 11.8. The molecule has 20 heavy (non-hydrogen) atoms. The van der Waals surface area contributed by atoms with Gasteiger partial charge in [0.2, 0.25) is 0 Å². The minimum atomic E-state index is -1.02. The van der Waals surface area contributed by atoms with E-state index in [9.17, 15) is 9.59 Å². The van der Waals surface area contributed by atoms with E-state index in [1.165, 1.54) is 12.3 Å². The van der Waals surface area contributed by atoms with Gasteiger partial charge in [-0.3, -0.25) is 9.78 Å². The van der Waals surface area contributed by atoms with Crippen molar-refractivity contribution >= 4 is 18.0 Å². The van der Waals surface area contributed by atoms with E-state index in [4.69, 9.17) is 5.11 Å². The third-order valence-corrected chi connectivity index (χ3v) is 2.60. The van der Waals surface area contributed by atoms with Crippen LogP contribution in [0.5, 0.6) is 0 Å². The highest BCUT2D eigenvalue weighted by atomic mass is 16.4. The lowest BCUT2D eigenvalue weighted by atomic mass is 9.92. The van der Waals surface area contributed by atoms with Crippen LogP contribution in [-0.4, -0.2) is 28.5 Å². The first kappa shape index (κ1) is 15.9. The summed E-state index contributed by atoms with van der Waals surface area (Å²) in [5.41, 5.74) is 1.14. The zero-order valence-electron chi connectivity index (χ0n) is 12.0. The van der Waals surface area contributed by atoms with Gasteiger partial charge >= 0.3 is 5.97 Å². The molecule has 0 atom stereocenters. The Hall–Kier alpha value is -2.17. The lowest BCUT2D eigenvalue weighted by molar-refractivity contribution is -0.131. The van der Waals surface area contributed by atoms with E-state index in [2.05, 4.69) is 31.1 Å². The predicted molar refractivity (Wildman–Crippen MR) is 77.3 cm³/mol. The molecule has 0 unspecified atom stereocenters. The normalized spacial score (nSPS) is 11.6. The molecule has 1 heterocycles. The zero-order valence-corrected chi connectivity index (χ0v) is 12.0. The fourth-order valence-electron chi connectivity index (χ4n) is 1.45. The van der Waals surface area contributed by atoms with Crippen molar-refractivity contribution in [2.75, 3.05) is 6.54 Å². The van der Waals surface area contributed by atoms with Gasteiger partial charge in [-0.2, -0.15) is 0 Å². The first-order chi connectivity index (χ1) is 9.28. The van der Waals surface area contributed by atoms with Gasteiger partial charge < -0.3 is 10.4 Å². The summed E-state index contributed by atoms with van der Waals surface area (Å²) in [6.07, 6.45) is 4.81. The van der Waals surface area contributed by atoms with Crippen LogP contribution in [0.2, 0.25) is 0 Å². The topological polar surface area (TPSA) is 79.3 Å². The van der Waals surface area contributed by atoms with E-state index in [0.717, 1.165) is 12.5 Å². The molecule has 0 spiro atoms. The third kappa shape index (κ3) is 6.13. The lowest BCUT2D eigenvalue weighted by Crippen LogP contribution is -2.27. The summed E-state index contributed by atoms with van der Waals surface area (Å²) in [5, 5.41) is 11.3. The average molecular weight is 276 g/mol. The number of nitrogens with zero attached hydrogens (tertiary/aromatic N) is 1. The number of carbonyl (C=O) groups excluding carboxylic acids is 1. The molecule has 2 N–H and O–H groups in total. The van der Waals surface area contributed by atoms with Crippen LogP contribution in [0.4, 0.5) is 0 Å². The van der Waals surface area contributed by atoms with Crippen LogP contribution in [0.15, 0.2) is 24.4 Å². The molecule has 0 aliphatic carbocycles. The lowest BCUT2D eigenvalue weighted by Gasteiger charge is -2.17. The first-order valence-electron chi connectivity index (χ1n) is 6.43. The van der Waals surface area contributed by atoms with Gasteiger partial charge in [-0.15, -0.1) is 0 Å². The van der Waals surface area contributed by atoms with Gasteiger partial charge in [-0.25, -0.2) is 4.79 Å². The summed E-state index contributed by atoms with van der Waals surface area (Å²) in [7, 11) is 0. The number of pyridine rings is 1. The van der Waals surface area contributed by atoms with Crippen LogP contribution in [-0.2, 0) is 4.79 Å². The van der Waals surface area contributed by atoms with Crippen molar-refractivity contribution in [1.82, 2.24) is 10.3 Å². The van der Waals surface area contributed by atoms with Crippen molar-refractivity contribution in [2.45, 2.75) is 27.2 Å². The van der Waals surface area contributed by atoms with Crippen LogP contribution < -0.4 is 5.32 Å². The fourth-order valence-corrected chi connectivity index (χ4v) is 1.45. The standard InChI is InChI=1S/C15H20N2O3/c1-15(2,3)8-9-16-14(20)12-6-4-11(10-17-12)5-7-13(18)19/h4-7,10H,8-9H2,1-3H3,(H,16,20)(H,18,19)/b7-5+. The van der Waals surface area contributed by atoms with E-state index >= 15 is 0 Å². The summed E-state index contributed by atoms with van der Waals surface area (Å²) in [6, 6.07) is 3.24. The zero-order chi connectivity index (χ0) is 15.2. The van der Waals surface area contributed by atoms with Gasteiger partial charge in [-0.05, 0) is 29.5 Å². The van der Waals surface area contributed by atoms with Gasteiger partial charge in [0.25, 0.3) is 5.91 Å². The molecule has 5 nitrogen and oxygen atoms in total. The first-order valence-corrected chi connectivity index (χ1v) is 6.43. The highest BCUT2D eigenvalue weighted by Crippen LogP contribution is 2.17. The number of aromatic nitrogens is 1. The van der Waals surface area contributed by atoms with E-state index < -0.39 is 5.97 Å². The molecule has 1 rings (SSSR count). The molecule has 0 fully saturated rings. The minimum Gasteiger partial charge on any atom is -0.478 e. The summed E-state index contributed by atoms with van der Waals surface area (Å²) in [4.78, 5) is 26.2. The molecule has 0 radical (unpaired) electrons. The summed E-state index contributed by atoms with van der Waals surface area (Å²) < 4.78 is 0. The number of nitrogens with one attached hydrogen (secondary N) is 1. The molecule has 1 aromatic heterocycles. The summed E-state index contributed by atoms with van der Waals surface area (Å²) >= 11 is 0. The largest absolute Gasteiger partial charge is 0.478 e. The second kappa shape index (κ2) is 6.84. The summed E-state index contributed by atoms with van der Waals surface area (Å²) in [6.45, 7) is 6.94. The molecular formula is C15H20N2O3. The fraction of sp³-hybridized carbons (Fsp3) is 0.400. The highest BCUT2D eigenvalue weighted by Gasteiger charge is 2.11. The Labute approximate surface area is 118 Å². The Morgan fingerprint density at radius 1 is 1.35 bits per heavy atom. The van der Waals surface area contributed by atoms with Crippen LogP contribution in [0, 0.1) is 5.41 Å². The van der Waals surface area contributed by atoms with Crippen molar-refractivity contribution in [3.8, 4) is 0 Å². The monoisotopic (exact) mass is 276 g/mol. The van der Waals surface area contributed by atoms with Crippen molar-refractivity contribution in [1.29, 1.82) is 0 Å². The minimum absolute atomic E-state index is 0.173. The Morgan fingerprint density at radius 3 is 2.55 bits per heavy atom. The highest BCUT2D eigenvalue weighted by molar-refractivity contribution is 5.92. The van der Waals surface area contributed by atoms with Gasteiger partial charge in [0.1, 0.15) is 5.69 Å². The predicted octanol–water partition coefficient (Wildman–Crippen LogP) is 2.35. The van der Waals surface area contributed by atoms with Crippen LogP contribution >= 0.6 is 0 Å². The van der Waals surface area contributed by atoms with E-state index in [0.29, 0.717) is 17.8 Å².